The number of furan rings is 1. The number of aromatic nitrogens is 3. The number of hydrogen-bond acceptors (Lipinski definition) is 5. The summed E-state index contributed by atoms with van der Waals surface area (Å²) in [6.07, 6.45) is 1.61. The molecule has 0 atom stereocenters. The summed E-state index contributed by atoms with van der Waals surface area (Å²) in [5, 5.41) is 15.4. The first-order valence-corrected chi connectivity index (χ1v) is 9.74. The smallest absolute Gasteiger partial charge is 0.216 e. The number of hydrogen-bond donors (Lipinski definition) is 2. The Morgan fingerprint density at radius 3 is 2.66 bits per heavy atom. The second kappa shape index (κ2) is 8.46. The molecule has 6 nitrogen and oxygen atoms in total. The Labute approximate surface area is 177 Å². The van der Waals surface area contributed by atoms with Crippen molar-refractivity contribution in [3.63, 3.8) is 0 Å². The van der Waals surface area contributed by atoms with Gasteiger partial charge in [-0.05, 0) is 67.7 Å². The van der Waals surface area contributed by atoms with Crippen LogP contribution >= 0.6 is 23.8 Å². The van der Waals surface area contributed by atoms with Crippen LogP contribution in [0, 0.1) is 11.7 Å². The SMILES string of the molecule is Cc1ccc(NCc2n[nH]c(=S)n2/N=C/c2ccc(-c3ccc(Cl)cc3)o2)cc1. The lowest BCUT2D eigenvalue weighted by molar-refractivity contribution is 0.574. The van der Waals surface area contributed by atoms with Crippen LogP contribution in [0.1, 0.15) is 17.1 Å². The Morgan fingerprint density at radius 1 is 1.14 bits per heavy atom. The van der Waals surface area contributed by atoms with E-state index in [0.29, 0.717) is 27.9 Å². The van der Waals surface area contributed by atoms with Gasteiger partial charge in [0, 0.05) is 16.3 Å². The van der Waals surface area contributed by atoms with Gasteiger partial charge in [0.15, 0.2) is 5.82 Å². The van der Waals surface area contributed by atoms with E-state index in [2.05, 4.69) is 27.5 Å². The Bertz CT molecular complexity index is 1190. The molecule has 0 aliphatic rings. The molecule has 0 fully saturated rings. The van der Waals surface area contributed by atoms with Gasteiger partial charge in [-0.15, -0.1) is 0 Å². The van der Waals surface area contributed by atoms with Crippen molar-refractivity contribution >= 4 is 35.7 Å². The van der Waals surface area contributed by atoms with Gasteiger partial charge in [-0.3, -0.25) is 5.10 Å². The highest BCUT2D eigenvalue weighted by molar-refractivity contribution is 7.71. The fraction of sp³-hybridized carbons (Fsp3) is 0.0952. The number of halogens is 1. The lowest BCUT2D eigenvalue weighted by atomic mass is 10.2. The van der Waals surface area contributed by atoms with Crippen molar-refractivity contribution in [1.29, 1.82) is 0 Å². The highest BCUT2D eigenvalue weighted by Crippen LogP contribution is 2.23. The number of anilines is 1. The molecule has 0 aliphatic heterocycles. The Kier molecular flexibility index (Phi) is 5.59. The van der Waals surface area contributed by atoms with Crippen molar-refractivity contribution in [3.05, 3.63) is 87.6 Å². The third-order valence-corrected chi connectivity index (χ3v) is 4.79. The third-order valence-electron chi connectivity index (χ3n) is 4.28. The van der Waals surface area contributed by atoms with Crippen LogP contribution in [0.2, 0.25) is 5.02 Å². The van der Waals surface area contributed by atoms with E-state index < -0.39 is 0 Å². The van der Waals surface area contributed by atoms with Crippen molar-refractivity contribution in [1.82, 2.24) is 14.9 Å². The van der Waals surface area contributed by atoms with Gasteiger partial charge in [-0.25, -0.2) is 0 Å². The quantitative estimate of drug-likeness (QED) is 0.310. The predicted molar refractivity (Wildman–Crippen MR) is 118 cm³/mol. The molecule has 0 spiro atoms. The van der Waals surface area contributed by atoms with Crippen molar-refractivity contribution in [2.75, 3.05) is 5.32 Å². The van der Waals surface area contributed by atoms with Crippen LogP contribution in [0.4, 0.5) is 5.69 Å². The molecule has 0 unspecified atom stereocenters. The molecule has 4 aromatic rings. The number of nitrogens with one attached hydrogen (secondary N) is 2. The number of H-pyrrole nitrogens is 1. The largest absolute Gasteiger partial charge is 0.455 e. The van der Waals surface area contributed by atoms with Gasteiger partial charge in [0.05, 0.1) is 12.8 Å². The molecule has 29 heavy (non-hydrogen) atoms. The summed E-state index contributed by atoms with van der Waals surface area (Å²) in [4.78, 5) is 0. The van der Waals surface area contributed by atoms with E-state index in [1.165, 1.54) is 5.56 Å². The van der Waals surface area contributed by atoms with Crippen LogP contribution < -0.4 is 5.32 Å². The number of nitrogens with zero attached hydrogens (tertiary/aromatic N) is 3. The average molecular weight is 424 g/mol. The zero-order valence-electron chi connectivity index (χ0n) is 15.6. The van der Waals surface area contributed by atoms with Crippen molar-refractivity contribution in [3.8, 4) is 11.3 Å². The standard InChI is InChI=1S/C21H18ClN5OS/c1-14-2-8-17(9-3-14)23-13-20-25-26-21(29)27(20)24-12-18-10-11-19(28-18)15-4-6-16(22)7-5-15/h2-12,23H,13H2,1H3,(H,26,29)/b24-12+. The van der Waals surface area contributed by atoms with Crippen LogP contribution in [0.5, 0.6) is 0 Å². The molecule has 146 valence electrons. The fourth-order valence-electron chi connectivity index (χ4n) is 2.72. The van der Waals surface area contributed by atoms with Crippen LogP contribution in [0.15, 0.2) is 70.2 Å². The molecule has 2 heterocycles. The molecule has 8 heteroatoms. The Morgan fingerprint density at radius 2 is 1.90 bits per heavy atom. The van der Waals surface area contributed by atoms with Crippen LogP contribution in [-0.4, -0.2) is 21.1 Å². The maximum absolute atomic E-state index is 5.93. The van der Waals surface area contributed by atoms with E-state index in [4.69, 9.17) is 28.2 Å². The molecule has 0 saturated heterocycles. The lowest BCUT2D eigenvalue weighted by Gasteiger charge is -2.05. The predicted octanol–water partition coefficient (Wildman–Crippen LogP) is 5.66. The second-order valence-electron chi connectivity index (χ2n) is 6.43. The summed E-state index contributed by atoms with van der Waals surface area (Å²) >= 11 is 11.2. The highest BCUT2D eigenvalue weighted by Gasteiger charge is 2.07. The molecular formula is C21H18ClN5OS. The highest BCUT2D eigenvalue weighted by atomic mass is 35.5. The van der Waals surface area contributed by atoms with Crippen LogP contribution in [0.3, 0.4) is 0 Å². The first kappa shape index (κ1) is 19.2. The lowest BCUT2D eigenvalue weighted by Crippen LogP contribution is -2.06. The van der Waals surface area contributed by atoms with E-state index in [1.54, 1.807) is 10.9 Å². The van der Waals surface area contributed by atoms with Crippen LogP contribution in [0.25, 0.3) is 11.3 Å². The monoisotopic (exact) mass is 423 g/mol. The number of aryl methyl sites for hydroxylation is 1. The van der Waals surface area contributed by atoms with E-state index in [1.807, 2.05) is 60.7 Å². The summed E-state index contributed by atoms with van der Waals surface area (Å²) in [7, 11) is 0. The summed E-state index contributed by atoms with van der Waals surface area (Å²) in [5.41, 5.74) is 3.15. The number of benzene rings is 2. The molecule has 0 radical (unpaired) electrons. The van der Waals surface area contributed by atoms with Gasteiger partial charge in [0.2, 0.25) is 4.77 Å². The van der Waals surface area contributed by atoms with E-state index in [0.717, 1.165) is 17.0 Å². The minimum atomic E-state index is 0.409. The average Bonchev–Trinajstić information content (AvgIpc) is 3.33. The topological polar surface area (TPSA) is 71.1 Å². The van der Waals surface area contributed by atoms with E-state index in [-0.39, 0.29) is 0 Å². The van der Waals surface area contributed by atoms with Gasteiger partial charge in [0.1, 0.15) is 11.5 Å². The Hall–Kier alpha value is -3.16. The van der Waals surface area contributed by atoms with Gasteiger partial charge in [0.25, 0.3) is 0 Å². The molecule has 0 amide bonds. The van der Waals surface area contributed by atoms with Crippen molar-refractivity contribution in [2.45, 2.75) is 13.5 Å². The fourth-order valence-corrected chi connectivity index (χ4v) is 3.04. The molecule has 2 aromatic carbocycles. The second-order valence-corrected chi connectivity index (χ2v) is 7.25. The third kappa shape index (κ3) is 4.64. The normalized spacial score (nSPS) is 11.2. The molecule has 0 aliphatic carbocycles. The van der Waals surface area contributed by atoms with Crippen LogP contribution in [-0.2, 0) is 6.54 Å². The zero-order chi connectivity index (χ0) is 20.2. The zero-order valence-corrected chi connectivity index (χ0v) is 17.2. The van der Waals surface area contributed by atoms with Gasteiger partial charge < -0.3 is 9.73 Å². The number of aromatic amines is 1. The summed E-state index contributed by atoms with van der Waals surface area (Å²) in [6.45, 7) is 2.53. The van der Waals surface area contributed by atoms with E-state index >= 15 is 0 Å². The van der Waals surface area contributed by atoms with Gasteiger partial charge in [-0.1, -0.05) is 29.3 Å². The maximum atomic E-state index is 5.93. The molecule has 2 aromatic heterocycles. The maximum Gasteiger partial charge on any atom is 0.216 e. The van der Waals surface area contributed by atoms with Crippen molar-refractivity contribution < 1.29 is 4.42 Å². The van der Waals surface area contributed by atoms with Gasteiger partial charge >= 0.3 is 0 Å². The molecule has 2 N–H and O–H groups in total. The summed E-state index contributed by atoms with van der Waals surface area (Å²) in [5.74, 6) is 2.01. The minimum absolute atomic E-state index is 0.409. The minimum Gasteiger partial charge on any atom is -0.455 e. The molecule has 0 saturated carbocycles. The Balaban J connectivity index is 1.49. The van der Waals surface area contributed by atoms with E-state index in [9.17, 15) is 0 Å². The molecule has 4 rings (SSSR count). The first-order chi connectivity index (χ1) is 14.1. The van der Waals surface area contributed by atoms with Crippen molar-refractivity contribution in [2.24, 2.45) is 5.10 Å². The summed E-state index contributed by atoms with van der Waals surface area (Å²) < 4.78 is 7.82. The summed E-state index contributed by atoms with van der Waals surface area (Å²) in [6, 6.07) is 19.3. The first-order valence-electron chi connectivity index (χ1n) is 8.95. The molecule has 0 bridgehead atoms. The molecular weight excluding hydrogens is 406 g/mol. The van der Waals surface area contributed by atoms with Gasteiger partial charge in [-0.2, -0.15) is 14.9 Å². The number of rotatable bonds is 6.